The topological polar surface area (TPSA) is 60.9 Å². The van der Waals surface area contributed by atoms with Crippen LogP contribution in [0.5, 0.6) is 0 Å². The van der Waals surface area contributed by atoms with E-state index < -0.39 is 29.2 Å². The molecule has 0 fully saturated rings. The van der Waals surface area contributed by atoms with Gasteiger partial charge in [0.2, 0.25) is 0 Å². The normalized spacial score (nSPS) is 11.8. The molecule has 4 nitrogen and oxygen atoms in total. The van der Waals surface area contributed by atoms with Crippen molar-refractivity contribution < 1.29 is 22.4 Å². The Bertz CT molecular complexity index is 931. The molecule has 0 saturated carbocycles. The zero-order valence-electron chi connectivity index (χ0n) is 12.1. The van der Waals surface area contributed by atoms with Gasteiger partial charge in [-0.3, -0.25) is 4.79 Å². The predicted octanol–water partition coefficient (Wildman–Crippen LogP) is 3.34. The van der Waals surface area contributed by atoms with Crippen molar-refractivity contribution in [1.82, 2.24) is 9.55 Å². The van der Waals surface area contributed by atoms with Gasteiger partial charge in [-0.25, -0.2) is 9.37 Å². The van der Waals surface area contributed by atoms with E-state index in [0.717, 1.165) is 4.57 Å². The van der Waals surface area contributed by atoms with E-state index in [0.29, 0.717) is 5.56 Å². The summed E-state index contributed by atoms with van der Waals surface area (Å²) >= 11 is 0. The minimum Gasteiger partial charge on any atom is -0.364 e. The van der Waals surface area contributed by atoms with Crippen molar-refractivity contribution in [2.75, 3.05) is 0 Å². The molecule has 0 aliphatic rings. The molecule has 0 unspecified atom stereocenters. The first-order valence-corrected chi connectivity index (χ1v) is 6.87. The predicted molar refractivity (Wildman–Crippen MR) is 78.8 cm³/mol. The Kier molecular flexibility index (Phi) is 3.75. The van der Waals surface area contributed by atoms with Gasteiger partial charge in [0.25, 0.3) is 5.91 Å². The molecule has 124 valence electrons. The fourth-order valence-corrected chi connectivity index (χ4v) is 2.69. The zero-order chi connectivity index (χ0) is 17.5. The maximum absolute atomic E-state index is 13.4. The molecule has 1 amide bonds. The summed E-state index contributed by atoms with van der Waals surface area (Å²) in [6, 6.07) is 7.92. The summed E-state index contributed by atoms with van der Waals surface area (Å²) in [5, 5.41) is -0.227. The summed E-state index contributed by atoms with van der Waals surface area (Å²) in [5.41, 5.74) is 3.72. The number of amides is 1. The van der Waals surface area contributed by atoms with Crippen LogP contribution < -0.4 is 5.73 Å². The second-order valence-corrected chi connectivity index (χ2v) is 5.18. The molecular formula is C16H11F4N3O. The lowest BCUT2D eigenvalue weighted by molar-refractivity contribution is -0.136. The van der Waals surface area contributed by atoms with Gasteiger partial charge >= 0.3 is 6.18 Å². The van der Waals surface area contributed by atoms with E-state index in [4.69, 9.17) is 5.73 Å². The number of rotatable bonds is 3. The highest BCUT2D eigenvalue weighted by molar-refractivity contribution is 6.00. The molecule has 2 aromatic heterocycles. The summed E-state index contributed by atoms with van der Waals surface area (Å²) in [6.07, 6.45) is -3.46. The Morgan fingerprint density at radius 1 is 1.21 bits per heavy atom. The molecule has 0 bridgehead atoms. The third kappa shape index (κ3) is 2.70. The Labute approximate surface area is 133 Å². The molecule has 24 heavy (non-hydrogen) atoms. The number of halogens is 4. The van der Waals surface area contributed by atoms with Crippen LogP contribution in [0, 0.1) is 5.82 Å². The van der Waals surface area contributed by atoms with Gasteiger partial charge in [-0.05, 0) is 29.8 Å². The van der Waals surface area contributed by atoms with Crippen molar-refractivity contribution in [2.24, 2.45) is 5.73 Å². The number of hydrogen-bond acceptors (Lipinski definition) is 2. The molecule has 0 aliphatic carbocycles. The number of primary amides is 1. The van der Waals surface area contributed by atoms with Crippen LogP contribution in [0.4, 0.5) is 17.6 Å². The monoisotopic (exact) mass is 337 g/mol. The quantitative estimate of drug-likeness (QED) is 0.745. The minimum absolute atomic E-state index is 0.0390. The SMILES string of the molecule is NC(=O)c1c(C(F)(F)F)c2cccnc2n1Cc1cccc(F)c1. The summed E-state index contributed by atoms with van der Waals surface area (Å²) < 4.78 is 54.7. The van der Waals surface area contributed by atoms with Gasteiger partial charge in [0, 0.05) is 18.1 Å². The van der Waals surface area contributed by atoms with E-state index in [9.17, 15) is 22.4 Å². The summed E-state index contributed by atoms with van der Waals surface area (Å²) in [4.78, 5) is 15.7. The van der Waals surface area contributed by atoms with Gasteiger partial charge in [0.1, 0.15) is 17.2 Å². The van der Waals surface area contributed by atoms with E-state index in [-0.39, 0.29) is 17.6 Å². The first-order chi connectivity index (χ1) is 11.3. The van der Waals surface area contributed by atoms with Gasteiger partial charge in [-0.1, -0.05) is 12.1 Å². The lowest BCUT2D eigenvalue weighted by Crippen LogP contribution is -2.22. The molecule has 0 atom stereocenters. The van der Waals surface area contributed by atoms with Crippen LogP contribution in [0.2, 0.25) is 0 Å². The molecule has 0 saturated heterocycles. The third-order valence-electron chi connectivity index (χ3n) is 3.56. The van der Waals surface area contributed by atoms with Gasteiger partial charge in [0.05, 0.1) is 5.56 Å². The number of carbonyl (C=O) groups excluding carboxylic acids is 1. The average molecular weight is 337 g/mol. The van der Waals surface area contributed by atoms with Crippen molar-refractivity contribution in [3.8, 4) is 0 Å². The maximum atomic E-state index is 13.4. The molecular weight excluding hydrogens is 326 g/mol. The number of nitrogens with two attached hydrogens (primary N) is 1. The number of fused-ring (bicyclic) bond motifs is 1. The summed E-state index contributed by atoms with van der Waals surface area (Å²) in [6.45, 7) is -0.167. The fraction of sp³-hybridized carbons (Fsp3) is 0.125. The second-order valence-electron chi connectivity index (χ2n) is 5.18. The molecule has 2 N–H and O–H groups in total. The number of aromatic nitrogens is 2. The van der Waals surface area contributed by atoms with Crippen molar-refractivity contribution in [3.63, 3.8) is 0 Å². The highest BCUT2D eigenvalue weighted by atomic mass is 19.4. The molecule has 0 spiro atoms. The first kappa shape index (κ1) is 16.0. The fourth-order valence-electron chi connectivity index (χ4n) is 2.69. The van der Waals surface area contributed by atoms with Crippen LogP contribution in [0.15, 0.2) is 42.6 Å². The van der Waals surface area contributed by atoms with Gasteiger partial charge in [-0.2, -0.15) is 13.2 Å². The van der Waals surface area contributed by atoms with E-state index >= 15 is 0 Å². The Morgan fingerprint density at radius 2 is 1.96 bits per heavy atom. The van der Waals surface area contributed by atoms with Crippen LogP contribution in [-0.2, 0) is 12.7 Å². The number of alkyl halides is 3. The number of hydrogen-bond donors (Lipinski definition) is 1. The summed E-state index contributed by atoms with van der Waals surface area (Å²) in [7, 11) is 0. The van der Waals surface area contributed by atoms with E-state index in [1.807, 2.05) is 0 Å². The first-order valence-electron chi connectivity index (χ1n) is 6.87. The number of carbonyl (C=O) groups is 1. The molecule has 0 aliphatic heterocycles. The molecule has 1 aromatic carbocycles. The zero-order valence-corrected chi connectivity index (χ0v) is 12.1. The Morgan fingerprint density at radius 3 is 2.58 bits per heavy atom. The highest BCUT2D eigenvalue weighted by Crippen LogP contribution is 2.39. The molecule has 0 radical (unpaired) electrons. The highest BCUT2D eigenvalue weighted by Gasteiger charge is 2.40. The van der Waals surface area contributed by atoms with Crippen LogP contribution in [0.25, 0.3) is 11.0 Å². The Balaban J connectivity index is 2.30. The van der Waals surface area contributed by atoms with Crippen LogP contribution in [0.1, 0.15) is 21.6 Å². The van der Waals surface area contributed by atoms with E-state index in [2.05, 4.69) is 4.98 Å². The average Bonchev–Trinajstić information content (AvgIpc) is 2.82. The third-order valence-corrected chi connectivity index (χ3v) is 3.56. The van der Waals surface area contributed by atoms with E-state index in [1.54, 1.807) is 0 Å². The van der Waals surface area contributed by atoms with Gasteiger partial charge < -0.3 is 10.3 Å². The number of benzene rings is 1. The standard InChI is InChI=1S/C16H11F4N3O/c17-10-4-1-3-9(7-10)8-23-13(14(21)24)12(16(18,19)20)11-5-2-6-22-15(11)23/h1-7H,8H2,(H2,21,24). The minimum atomic E-state index is -4.78. The van der Waals surface area contributed by atoms with Crippen molar-refractivity contribution in [3.05, 3.63) is 65.2 Å². The van der Waals surface area contributed by atoms with E-state index in [1.165, 1.54) is 42.6 Å². The Hall–Kier alpha value is -2.90. The van der Waals surface area contributed by atoms with Gasteiger partial charge in [0.15, 0.2) is 0 Å². The molecule has 2 heterocycles. The lowest BCUT2D eigenvalue weighted by Gasteiger charge is -2.11. The van der Waals surface area contributed by atoms with Gasteiger partial charge in [-0.15, -0.1) is 0 Å². The lowest BCUT2D eigenvalue weighted by atomic mass is 10.1. The van der Waals surface area contributed by atoms with Crippen LogP contribution in [0.3, 0.4) is 0 Å². The van der Waals surface area contributed by atoms with Crippen molar-refractivity contribution in [2.45, 2.75) is 12.7 Å². The van der Waals surface area contributed by atoms with Crippen molar-refractivity contribution in [1.29, 1.82) is 0 Å². The van der Waals surface area contributed by atoms with Crippen molar-refractivity contribution >= 4 is 16.9 Å². The van der Waals surface area contributed by atoms with Crippen LogP contribution in [-0.4, -0.2) is 15.5 Å². The number of nitrogens with zero attached hydrogens (tertiary/aromatic N) is 2. The molecule has 8 heteroatoms. The summed E-state index contributed by atoms with van der Waals surface area (Å²) in [5.74, 6) is -1.76. The molecule has 3 aromatic rings. The smallest absolute Gasteiger partial charge is 0.364 e. The largest absolute Gasteiger partial charge is 0.419 e. The molecule has 3 rings (SSSR count). The maximum Gasteiger partial charge on any atom is 0.419 e. The number of pyridine rings is 1. The second kappa shape index (κ2) is 5.63. The van der Waals surface area contributed by atoms with Crippen LogP contribution >= 0.6 is 0 Å².